The second-order valence-corrected chi connectivity index (χ2v) is 6.37. The van der Waals surface area contributed by atoms with Crippen LogP contribution in [0.4, 0.5) is 0 Å². The highest BCUT2D eigenvalue weighted by Crippen LogP contribution is 2.35. The van der Waals surface area contributed by atoms with Gasteiger partial charge in [-0.2, -0.15) is 0 Å². The molecule has 0 saturated carbocycles. The van der Waals surface area contributed by atoms with Gasteiger partial charge in [0.25, 0.3) is 0 Å². The maximum atomic E-state index is 5.77. The molecule has 2 atom stereocenters. The lowest BCUT2D eigenvalue weighted by molar-refractivity contribution is 0.0562. The normalized spacial score (nSPS) is 32.3. The van der Waals surface area contributed by atoms with Crippen molar-refractivity contribution in [2.24, 2.45) is 5.92 Å². The van der Waals surface area contributed by atoms with Crippen LogP contribution in [0.3, 0.4) is 0 Å². The molecule has 0 radical (unpaired) electrons. The zero-order valence-corrected chi connectivity index (χ0v) is 12.3. The molecule has 0 aromatic heterocycles. The summed E-state index contributed by atoms with van der Waals surface area (Å²) >= 11 is 0. The Bertz CT molecular complexity index is 231. The molecule has 3 heteroatoms. The lowest BCUT2D eigenvalue weighted by Gasteiger charge is -2.38. The minimum absolute atomic E-state index is 0.751. The van der Waals surface area contributed by atoms with Crippen molar-refractivity contribution in [2.75, 3.05) is 26.8 Å². The fraction of sp³-hybridized carbons (Fsp3) is 1.00. The molecule has 0 aromatic rings. The first-order valence-electron chi connectivity index (χ1n) is 7.71. The molecule has 1 N–H and O–H groups in total. The molecule has 2 rings (SSSR count). The molecule has 0 aliphatic carbocycles. The van der Waals surface area contributed by atoms with E-state index in [1.54, 1.807) is 0 Å². The molecule has 0 aromatic carbocycles. The molecule has 2 heterocycles. The Hall–Kier alpha value is -0.120. The van der Waals surface area contributed by atoms with Crippen LogP contribution < -0.4 is 5.32 Å². The van der Waals surface area contributed by atoms with E-state index in [-0.39, 0.29) is 0 Å². The average Bonchev–Trinajstić information content (AvgIpc) is 2.60. The average molecular weight is 254 g/mol. The van der Waals surface area contributed by atoms with Gasteiger partial charge in [-0.15, -0.1) is 0 Å². The number of rotatable bonds is 7. The van der Waals surface area contributed by atoms with Crippen molar-refractivity contribution in [1.29, 1.82) is 0 Å². The van der Waals surface area contributed by atoms with Crippen LogP contribution in [0.1, 0.15) is 46.0 Å². The number of ether oxygens (including phenoxy) is 1. The van der Waals surface area contributed by atoms with E-state index in [4.69, 9.17) is 4.74 Å². The quantitative estimate of drug-likeness (QED) is 0.705. The van der Waals surface area contributed by atoms with Gasteiger partial charge in [0.05, 0.1) is 6.61 Å². The highest BCUT2D eigenvalue weighted by molar-refractivity contribution is 4.96. The Morgan fingerprint density at radius 3 is 2.39 bits per heavy atom. The summed E-state index contributed by atoms with van der Waals surface area (Å²) in [6.07, 6.45) is 6.65. The van der Waals surface area contributed by atoms with Gasteiger partial charge < -0.3 is 10.1 Å². The largest absolute Gasteiger partial charge is 0.380 e. The van der Waals surface area contributed by atoms with E-state index in [1.807, 2.05) is 0 Å². The second kappa shape index (κ2) is 6.88. The molecular formula is C15H30N2O. The van der Waals surface area contributed by atoms with Crippen LogP contribution in [0, 0.1) is 5.92 Å². The van der Waals surface area contributed by atoms with Crippen LogP contribution in [-0.2, 0) is 4.74 Å². The number of fused-ring (bicyclic) bond motifs is 2. The van der Waals surface area contributed by atoms with Crippen LogP contribution in [-0.4, -0.2) is 49.8 Å². The molecule has 2 saturated heterocycles. The van der Waals surface area contributed by atoms with Crippen LogP contribution in [0.5, 0.6) is 0 Å². The predicted molar refractivity (Wildman–Crippen MR) is 75.9 cm³/mol. The summed E-state index contributed by atoms with van der Waals surface area (Å²) in [5.41, 5.74) is 0. The van der Waals surface area contributed by atoms with Crippen molar-refractivity contribution in [1.82, 2.24) is 10.2 Å². The minimum atomic E-state index is 0.751. The number of hydrogen-bond acceptors (Lipinski definition) is 3. The summed E-state index contributed by atoms with van der Waals surface area (Å²) in [6.45, 7) is 7.51. The first-order valence-corrected chi connectivity index (χ1v) is 7.71. The van der Waals surface area contributed by atoms with E-state index < -0.39 is 0 Å². The third kappa shape index (κ3) is 3.69. The fourth-order valence-electron chi connectivity index (χ4n) is 3.47. The molecule has 0 amide bonds. The molecule has 2 aliphatic rings. The maximum Gasteiger partial charge on any atom is 0.0593 e. The number of nitrogens with zero attached hydrogens (tertiary/aromatic N) is 1. The molecule has 106 valence electrons. The molecule has 2 fully saturated rings. The third-order valence-corrected chi connectivity index (χ3v) is 4.63. The number of hydrogen-bond donors (Lipinski definition) is 1. The first kappa shape index (κ1) is 14.3. The van der Waals surface area contributed by atoms with Gasteiger partial charge in [0.15, 0.2) is 0 Å². The van der Waals surface area contributed by atoms with E-state index in [2.05, 4.69) is 31.1 Å². The van der Waals surface area contributed by atoms with Crippen LogP contribution in [0.25, 0.3) is 0 Å². The zero-order chi connectivity index (χ0) is 13.0. The van der Waals surface area contributed by atoms with Crippen molar-refractivity contribution >= 4 is 0 Å². The lowest BCUT2D eigenvalue weighted by Crippen LogP contribution is -2.49. The van der Waals surface area contributed by atoms with E-state index in [0.29, 0.717) is 0 Å². The molecule has 18 heavy (non-hydrogen) atoms. The number of nitrogens with one attached hydrogen (secondary N) is 1. The van der Waals surface area contributed by atoms with Crippen molar-refractivity contribution < 1.29 is 4.74 Å². The maximum absolute atomic E-state index is 5.77. The third-order valence-electron chi connectivity index (χ3n) is 4.63. The van der Waals surface area contributed by atoms with Gasteiger partial charge in [-0.3, -0.25) is 4.90 Å². The van der Waals surface area contributed by atoms with E-state index >= 15 is 0 Å². The summed E-state index contributed by atoms with van der Waals surface area (Å²) in [5.74, 6) is 0.757. The van der Waals surface area contributed by atoms with E-state index in [9.17, 15) is 0 Å². The highest BCUT2D eigenvalue weighted by atomic mass is 16.5. The Morgan fingerprint density at radius 2 is 1.83 bits per heavy atom. The molecule has 0 spiro atoms. The van der Waals surface area contributed by atoms with Crippen molar-refractivity contribution in [3.8, 4) is 0 Å². The van der Waals surface area contributed by atoms with Gasteiger partial charge in [-0.25, -0.2) is 0 Å². The standard InChI is InChI=1S/C15H30N2O/c1-12(2)6-8-18-9-7-17-14-4-5-15(17)11-13(10-14)16-3/h12-16H,4-11H2,1-3H3. The smallest absolute Gasteiger partial charge is 0.0593 e. The number of piperidine rings is 1. The van der Waals surface area contributed by atoms with Crippen LogP contribution in [0.2, 0.25) is 0 Å². The van der Waals surface area contributed by atoms with Gasteiger partial charge in [0.1, 0.15) is 0 Å². The topological polar surface area (TPSA) is 24.5 Å². The summed E-state index contributed by atoms with van der Waals surface area (Å²) < 4.78 is 5.77. The van der Waals surface area contributed by atoms with Crippen molar-refractivity contribution in [2.45, 2.75) is 64.1 Å². The van der Waals surface area contributed by atoms with E-state index in [1.165, 1.54) is 32.1 Å². The Morgan fingerprint density at radius 1 is 1.17 bits per heavy atom. The Labute approximate surface area is 112 Å². The molecule has 2 aliphatic heterocycles. The Balaban J connectivity index is 1.65. The zero-order valence-electron chi connectivity index (χ0n) is 12.3. The summed E-state index contributed by atoms with van der Waals surface area (Å²) in [5, 5.41) is 3.46. The van der Waals surface area contributed by atoms with Gasteiger partial charge in [-0.05, 0) is 45.1 Å². The lowest BCUT2D eigenvalue weighted by atomic mass is 9.97. The Kier molecular flexibility index (Phi) is 5.46. The SMILES string of the molecule is CNC1CC2CCC(C1)N2CCOCCC(C)C. The predicted octanol–water partition coefficient (Wildman–Crippen LogP) is 2.26. The first-order chi connectivity index (χ1) is 8.70. The van der Waals surface area contributed by atoms with Crippen LogP contribution in [0.15, 0.2) is 0 Å². The second-order valence-electron chi connectivity index (χ2n) is 6.37. The highest BCUT2D eigenvalue weighted by Gasteiger charge is 2.39. The van der Waals surface area contributed by atoms with Gasteiger partial charge >= 0.3 is 0 Å². The molecule has 2 unspecified atom stereocenters. The van der Waals surface area contributed by atoms with Crippen molar-refractivity contribution in [3.05, 3.63) is 0 Å². The van der Waals surface area contributed by atoms with Gasteiger partial charge in [0.2, 0.25) is 0 Å². The van der Waals surface area contributed by atoms with Crippen molar-refractivity contribution in [3.63, 3.8) is 0 Å². The summed E-state index contributed by atoms with van der Waals surface area (Å²) in [7, 11) is 2.11. The molecule has 2 bridgehead atoms. The molecular weight excluding hydrogens is 224 g/mol. The van der Waals surface area contributed by atoms with E-state index in [0.717, 1.165) is 43.8 Å². The monoisotopic (exact) mass is 254 g/mol. The van der Waals surface area contributed by atoms with Gasteiger partial charge in [-0.1, -0.05) is 13.8 Å². The summed E-state index contributed by atoms with van der Waals surface area (Å²) in [6, 6.07) is 2.38. The minimum Gasteiger partial charge on any atom is -0.380 e. The van der Waals surface area contributed by atoms with Gasteiger partial charge in [0, 0.05) is 31.3 Å². The fourth-order valence-corrected chi connectivity index (χ4v) is 3.47. The summed E-state index contributed by atoms with van der Waals surface area (Å²) in [4.78, 5) is 2.71. The van der Waals surface area contributed by atoms with Crippen LogP contribution >= 0.6 is 0 Å². The molecule has 3 nitrogen and oxygen atoms in total.